The van der Waals surface area contributed by atoms with E-state index in [-0.39, 0.29) is 6.04 Å². The van der Waals surface area contributed by atoms with Gasteiger partial charge in [-0.1, -0.05) is 0 Å². The highest BCUT2D eigenvalue weighted by Gasteiger charge is 2.21. The average Bonchev–Trinajstić information content (AvgIpc) is 2.17. The molecule has 0 aliphatic carbocycles. The maximum absolute atomic E-state index is 10.9. The van der Waals surface area contributed by atoms with Gasteiger partial charge in [0.25, 0.3) is 0 Å². The third-order valence-electron chi connectivity index (χ3n) is 2.15. The summed E-state index contributed by atoms with van der Waals surface area (Å²) < 4.78 is 5.14. The molecular formula is C8H12N2O2. The zero-order chi connectivity index (χ0) is 8.97. The minimum Gasteiger partial charge on any atom is -0.381 e. The SMILES string of the molecule is CN(C(=O)C#N)C1CCOCC1. The molecule has 0 atom stereocenters. The van der Waals surface area contributed by atoms with E-state index in [0.717, 1.165) is 12.8 Å². The van der Waals surface area contributed by atoms with Gasteiger partial charge in [-0.05, 0) is 12.8 Å². The summed E-state index contributed by atoms with van der Waals surface area (Å²) in [6.45, 7) is 1.38. The van der Waals surface area contributed by atoms with Crippen LogP contribution in [0.15, 0.2) is 0 Å². The van der Waals surface area contributed by atoms with Gasteiger partial charge in [-0.25, -0.2) is 0 Å². The standard InChI is InChI=1S/C8H12N2O2/c1-10(8(11)6-9)7-2-4-12-5-3-7/h7H,2-5H2,1H3. The van der Waals surface area contributed by atoms with Crippen LogP contribution in [-0.4, -0.2) is 37.1 Å². The maximum Gasteiger partial charge on any atom is 0.324 e. The Morgan fingerprint density at radius 3 is 2.67 bits per heavy atom. The smallest absolute Gasteiger partial charge is 0.324 e. The number of hydrogen-bond donors (Lipinski definition) is 0. The van der Waals surface area contributed by atoms with Gasteiger partial charge in [0.15, 0.2) is 6.07 Å². The first-order valence-electron chi connectivity index (χ1n) is 4.00. The Kier molecular flexibility index (Phi) is 3.06. The van der Waals surface area contributed by atoms with Gasteiger partial charge in [0.1, 0.15) is 0 Å². The lowest BCUT2D eigenvalue weighted by Crippen LogP contribution is -2.39. The quantitative estimate of drug-likeness (QED) is 0.523. The largest absolute Gasteiger partial charge is 0.381 e. The molecule has 0 aromatic heterocycles. The molecule has 1 aliphatic heterocycles. The van der Waals surface area contributed by atoms with Crippen LogP contribution in [0.25, 0.3) is 0 Å². The van der Waals surface area contributed by atoms with Crippen LogP contribution in [0.3, 0.4) is 0 Å². The van der Waals surface area contributed by atoms with Crippen LogP contribution in [-0.2, 0) is 9.53 Å². The van der Waals surface area contributed by atoms with Crippen LogP contribution in [0, 0.1) is 11.3 Å². The lowest BCUT2D eigenvalue weighted by atomic mass is 10.1. The fraction of sp³-hybridized carbons (Fsp3) is 0.750. The van der Waals surface area contributed by atoms with Crippen LogP contribution in [0.5, 0.6) is 0 Å². The topological polar surface area (TPSA) is 53.3 Å². The van der Waals surface area contributed by atoms with Crippen LogP contribution in [0.2, 0.25) is 0 Å². The van der Waals surface area contributed by atoms with Gasteiger partial charge in [-0.2, -0.15) is 5.26 Å². The molecule has 1 saturated heterocycles. The molecule has 1 aliphatic rings. The van der Waals surface area contributed by atoms with Crippen molar-refractivity contribution in [2.24, 2.45) is 0 Å². The highest BCUT2D eigenvalue weighted by atomic mass is 16.5. The van der Waals surface area contributed by atoms with Crippen molar-refractivity contribution in [3.05, 3.63) is 0 Å². The van der Waals surface area contributed by atoms with Gasteiger partial charge in [-0.3, -0.25) is 4.79 Å². The highest BCUT2D eigenvalue weighted by molar-refractivity contribution is 5.91. The molecule has 0 spiro atoms. The first-order chi connectivity index (χ1) is 5.75. The molecule has 1 heterocycles. The summed E-state index contributed by atoms with van der Waals surface area (Å²) in [5.74, 6) is -0.457. The van der Waals surface area contributed by atoms with E-state index in [2.05, 4.69) is 0 Å². The summed E-state index contributed by atoms with van der Waals surface area (Å²) >= 11 is 0. The number of rotatable bonds is 1. The second-order valence-electron chi connectivity index (χ2n) is 2.87. The van der Waals surface area contributed by atoms with Gasteiger partial charge in [0.05, 0.1) is 0 Å². The number of carbonyl (C=O) groups excluding carboxylic acids is 1. The average molecular weight is 168 g/mol. The van der Waals surface area contributed by atoms with Gasteiger partial charge < -0.3 is 9.64 Å². The minimum atomic E-state index is -0.457. The molecule has 0 saturated carbocycles. The second-order valence-corrected chi connectivity index (χ2v) is 2.87. The molecule has 1 amide bonds. The molecule has 0 aromatic carbocycles. The first kappa shape index (κ1) is 9.01. The van der Waals surface area contributed by atoms with E-state index in [9.17, 15) is 4.79 Å². The molecule has 4 heteroatoms. The normalized spacial score (nSPS) is 18.3. The summed E-state index contributed by atoms with van der Waals surface area (Å²) in [6.07, 6.45) is 1.67. The van der Waals surface area contributed by atoms with Gasteiger partial charge in [0.2, 0.25) is 0 Å². The molecule has 4 nitrogen and oxygen atoms in total. The molecule has 0 bridgehead atoms. The lowest BCUT2D eigenvalue weighted by molar-refractivity contribution is -0.127. The number of ether oxygens (including phenoxy) is 1. The summed E-state index contributed by atoms with van der Waals surface area (Å²) in [6, 6.07) is 1.79. The van der Waals surface area contributed by atoms with Crippen LogP contribution < -0.4 is 0 Å². The molecule has 0 aromatic rings. The summed E-state index contributed by atoms with van der Waals surface area (Å²) in [4.78, 5) is 12.4. The second kappa shape index (κ2) is 4.07. The van der Waals surface area contributed by atoms with Crippen molar-refractivity contribution >= 4 is 5.91 Å². The lowest BCUT2D eigenvalue weighted by Gasteiger charge is -2.29. The summed E-state index contributed by atoms with van der Waals surface area (Å²) in [5.41, 5.74) is 0. The number of nitrogens with zero attached hydrogens (tertiary/aromatic N) is 2. The summed E-state index contributed by atoms with van der Waals surface area (Å²) in [5, 5.41) is 8.36. The van der Waals surface area contributed by atoms with E-state index in [1.807, 2.05) is 0 Å². The monoisotopic (exact) mass is 168 g/mol. The first-order valence-corrected chi connectivity index (χ1v) is 4.00. The third kappa shape index (κ3) is 1.95. The van der Waals surface area contributed by atoms with E-state index in [1.54, 1.807) is 13.1 Å². The van der Waals surface area contributed by atoms with E-state index >= 15 is 0 Å². The molecule has 0 N–H and O–H groups in total. The van der Waals surface area contributed by atoms with E-state index in [1.165, 1.54) is 4.90 Å². The Bertz CT molecular complexity index is 204. The number of hydrogen-bond acceptors (Lipinski definition) is 3. The fourth-order valence-electron chi connectivity index (χ4n) is 1.32. The van der Waals surface area contributed by atoms with Crippen molar-refractivity contribution in [1.82, 2.24) is 4.90 Å². The minimum absolute atomic E-state index is 0.186. The van der Waals surface area contributed by atoms with Gasteiger partial charge in [-0.15, -0.1) is 0 Å². The maximum atomic E-state index is 10.9. The zero-order valence-corrected chi connectivity index (χ0v) is 7.12. The molecule has 1 fully saturated rings. The Morgan fingerprint density at radius 2 is 2.17 bits per heavy atom. The van der Waals surface area contributed by atoms with Crippen molar-refractivity contribution in [2.75, 3.05) is 20.3 Å². The van der Waals surface area contributed by atoms with E-state index in [0.29, 0.717) is 13.2 Å². The summed E-state index contributed by atoms with van der Waals surface area (Å²) in [7, 11) is 1.67. The van der Waals surface area contributed by atoms with Crippen molar-refractivity contribution in [2.45, 2.75) is 18.9 Å². The predicted octanol–water partition coefficient (Wildman–Crippen LogP) is 0.147. The van der Waals surface area contributed by atoms with Crippen molar-refractivity contribution in [1.29, 1.82) is 5.26 Å². The van der Waals surface area contributed by atoms with E-state index < -0.39 is 5.91 Å². The van der Waals surface area contributed by atoms with E-state index in [4.69, 9.17) is 10.00 Å². The van der Waals surface area contributed by atoms with Crippen LogP contribution in [0.4, 0.5) is 0 Å². The van der Waals surface area contributed by atoms with Crippen molar-refractivity contribution in [3.8, 4) is 6.07 Å². The molecule has 66 valence electrons. The van der Waals surface area contributed by atoms with Gasteiger partial charge in [0, 0.05) is 26.3 Å². The zero-order valence-electron chi connectivity index (χ0n) is 7.12. The number of carbonyl (C=O) groups is 1. The van der Waals surface area contributed by atoms with Crippen LogP contribution in [0.1, 0.15) is 12.8 Å². The van der Waals surface area contributed by atoms with Crippen molar-refractivity contribution < 1.29 is 9.53 Å². The molecule has 0 radical (unpaired) electrons. The Balaban J connectivity index is 2.45. The number of nitriles is 1. The Labute approximate surface area is 71.7 Å². The predicted molar refractivity (Wildman–Crippen MR) is 42.2 cm³/mol. The Morgan fingerprint density at radius 1 is 1.58 bits per heavy atom. The van der Waals surface area contributed by atoms with Gasteiger partial charge >= 0.3 is 5.91 Å². The third-order valence-corrected chi connectivity index (χ3v) is 2.15. The number of amides is 1. The van der Waals surface area contributed by atoms with Crippen molar-refractivity contribution in [3.63, 3.8) is 0 Å². The molecule has 1 rings (SSSR count). The molecule has 0 unspecified atom stereocenters. The van der Waals surface area contributed by atoms with Crippen LogP contribution >= 0.6 is 0 Å². The highest BCUT2D eigenvalue weighted by Crippen LogP contribution is 2.12. The molecular weight excluding hydrogens is 156 g/mol. The molecule has 12 heavy (non-hydrogen) atoms. The Hall–Kier alpha value is -1.08. The fourth-order valence-corrected chi connectivity index (χ4v) is 1.32.